The molecule has 1 saturated carbocycles. The molecular weight excluding hydrogens is 497 g/mol. The predicted molar refractivity (Wildman–Crippen MR) is 172 cm³/mol. The molecule has 0 amide bonds. The van der Waals surface area contributed by atoms with Gasteiger partial charge in [-0.05, 0) is 84.2 Å². The van der Waals surface area contributed by atoms with E-state index in [2.05, 4.69) is 135 Å². The van der Waals surface area contributed by atoms with Gasteiger partial charge in [0.2, 0.25) is 0 Å². The van der Waals surface area contributed by atoms with E-state index in [1.165, 1.54) is 59.1 Å². The molecule has 0 nitrogen and oxygen atoms in total. The van der Waals surface area contributed by atoms with E-state index < -0.39 is 8.07 Å². The molecule has 0 radical (unpaired) electrons. The van der Waals surface area contributed by atoms with Crippen molar-refractivity contribution in [2.45, 2.75) is 56.4 Å². The van der Waals surface area contributed by atoms with Crippen LogP contribution in [0.1, 0.15) is 56.2 Å². The number of fused-ring (bicyclic) bond motifs is 6. The van der Waals surface area contributed by atoms with Crippen molar-refractivity contribution in [3.63, 3.8) is 0 Å². The molecule has 0 spiro atoms. The summed E-state index contributed by atoms with van der Waals surface area (Å²) in [5.41, 5.74) is 10.2. The SMILES string of the molecule is CC12CCCCC1(C)[Si](c1ccccc1)(c1ccccc1)c1ccc(-c3ccc4c(c3)Cc3ccccc3-4)cc12. The van der Waals surface area contributed by atoms with E-state index in [1.807, 2.05) is 0 Å². The van der Waals surface area contributed by atoms with Gasteiger partial charge < -0.3 is 0 Å². The Morgan fingerprint density at radius 1 is 0.550 bits per heavy atom. The third-order valence-corrected chi connectivity index (χ3v) is 17.3. The summed E-state index contributed by atoms with van der Waals surface area (Å²) < 4.78 is 0. The maximum Gasteiger partial charge on any atom is 0.155 e. The third kappa shape index (κ3) is 3.02. The maximum atomic E-state index is 2.67. The molecule has 2 unspecified atom stereocenters. The monoisotopic (exact) mass is 532 g/mol. The molecule has 2 atom stereocenters. The van der Waals surface area contributed by atoms with Crippen molar-refractivity contribution in [2.24, 2.45) is 0 Å². The summed E-state index contributed by atoms with van der Waals surface area (Å²) in [6.45, 7) is 5.29. The second-order valence-electron chi connectivity index (χ2n) is 12.8. The second-order valence-corrected chi connectivity index (χ2v) is 17.1. The fourth-order valence-corrected chi connectivity index (χ4v) is 16.1. The number of hydrogen-bond acceptors (Lipinski definition) is 0. The Bertz CT molecular complexity index is 1710. The van der Waals surface area contributed by atoms with Crippen LogP contribution >= 0.6 is 0 Å². The van der Waals surface area contributed by atoms with E-state index >= 15 is 0 Å². The summed E-state index contributed by atoms with van der Waals surface area (Å²) >= 11 is 0. The molecule has 1 fully saturated rings. The highest BCUT2D eigenvalue weighted by Gasteiger charge is 2.68. The second kappa shape index (κ2) is 8.66. The first-order valence-corrected chi connectivity index (χ1v) is 17.0. The average Bonchev–Trinajstić information content (AvgIpc) is 3.46. The fraction of sp³-hybridized carbons (Fsp3) is 0.231. The van der Waals surface area contributed by atoms with Gasteiger partial charge >= 0.3 is 0 Å². The van der Waals surface area contributed by atoms with E-state index in [9.17, 15) is 0 Å². The third-order valence-electron chi connectivity index (χ3n) is 11.2. The molecule has 1 heteroatoms. The van der Waals surface area contributed by atoms with Crippen molar-refractivity contribution >= 4 is 23.6 Å². The van der Waals surface area contributed by atoms with Gasteiger partial charge in [-0.1, -0.05) is 148 Å². The lowest BCUT2D eigenvalue weighted by atomic mass is 9.64. The summed E-state index contributed by atoms with van der Waals surface area (Å²) in [6.07, 6.45) is 6.25. The van der Waals surface area contributed by atoms with Crippen LogP contribution < -0.4 is 15.6 Å². The molecule has 3 aliphatic rings. The maximum absolute atomic E-state index is 2.67. The summed E-state index contributed by atoms with van der Waals surface area (Å²) in [7, 11) is -2.35. The molecule has 1 heterocycles. The van der Waals surface area contributed by atoms with Crippen molar-refractivity contribution in [1.29, 1.82) is 0 Å². The summed E-state index contributed by atoms with van der Waals surface area (Å²) in [4.78, 5) is 0. The molecule has 0 N–H and O–H groups in total. The average molecular weight is 533 g/mol. The minimum atomic E-state index is -2.35. The Kier molecular flexibility index (Phi) is 5.22. The zero-order valence-electron chi connectivity index (χ0n) is 23.6. The topological polar surface area (TPSA) is 0 Å². The molecular formula is C39H36Si. The molecule has 196 valence electrons. The lowest BCUT2D eigenvalue weighted by molar-refractivity contribution is 0.241. The van der Waals surface area contributed by atoms with Crippen LogP contribution in [0.15, 0.2) is 121 Å². The van der Waals surface area contributed by atoms with Crippen LogP contribution in [0.25, 0.3) is 22.3 Å². The Hall–Kier alpha value is -3.68. The van der Waals surface area contributed by atoms with Gasteiger partial charge in [-0.15, -0.1) is 0 Å². The minimum absolute atomic E-state index is 0.154. The van der Waals surface area contributed by atoms with Crippen LogP contribution in [-0.2, 0) is 11.8 Å². The van der Waals surface area contributed by atoms with Crippen LogP contribution in [0.5, 0.6) is 0 Å². The van der Waals surface area contributed by atoms with E-state index in [4.69, 9.17) is 0 Å². The molecule has 5 aromatic rings. The summed E-state index contributed by atoms with van der Waals surface area (Å²) in [5.74, 6) is 0. The molecule has 0 aromatic heterocycles. The lowest BCUT2D eigenvalue weighted by Crippen LogP contribution is -2.72. The van der Waals surface area contributed by atoms with E-state index in [0.717, 1.165) is 6.42 Å². The van der Waals surface area contributed by atoms with Gasteiger partial charge in [-0.2, -0.15) is 0 Å². The van der Waals surface area contributed by atoms with Crippen molar-refractivity contribution in [3.8, 4) is 22.3 Å². The zero-order valence-corrected chi connectivity index (χ0v) is 24.6. The molecule has 2 aliphatic carbocycles. The summed E-state index contributed by atoms with van der Waals surface area (Å²) in [5, 5.41) is 4.99. The Labute approximate surface area is 239 Å². The van der Waals surface area contributed by atoms with Gasteiger partial charge in [-0.3, -0.25) is 0 Å². The number of rotatable bonds is 3. The van der Waals surface area contributed by atoms with Gasteiger partial charge in [0.1, 0.15) is 0 Å². The van der Waals surface area contributed by atoms with Crippen molar-refractivity contribution in [2.75, 3.05) is 0 Å². The first-order valence-electron chi connectivity index (χ1n) is 15.0. The quantitative estimate of drug-likeness (QED) is 0.203. The van der Waals surface area contributed by atoms with Crippen LogP contribution in [-0.4, -0.2) is 8.07 Å². The number of benzene rings is 5. The molecule has 0 bridgehead atoms. The van der Waals surface area contributed by atoms with E-state index in [-0.39, 0.29) is 10.5 Å². The van der Waals surface area contributed by atoms with E-state index in [0.29, 0.717) is 0 Å². The normalized spacial score (nSPS) is 23.6. The smallest absolute Gasteiger partial charge is 0.0624 e. The zero-order chi connectivity index (χ0) is 27.0. The predicted octanol–water partition coefficient (Wildman–Crippen LogP) is 8.00. The highest BCUT2D eigenvalue weighted by Crippen LogP contribution is 2.65. The highest BCUT2D eigenvalue weighted by molar-refractivity contribution is 7.14. The largest absolute Gasteiger partial charge is 0.155 e. The lowest BCUT2D eigenvalue weighted by Gasteiger charge is -2.54. The van der Waals surface area contributed by atoms with Gasteiger partial charge in [-0.25, -0.2) is 0 Å². The standard InChI is InChI=1S/C39H36Si/c1-38-23-11-12-24-39(38,2)40(32-14-5-3-6-15-32,33-16-7-4-8-17-33)37-22-20-29(27-36(37)38)28-19-21-35-31(25-28)26-30-13-9-10-18-34(30)35/h3-10,13-22,25,27H,11-12,23-24,26H2,1-2H3. The molecule has 5 aromatic carbocycles. The van der Waals surface area contributed by atoms with E-state index in [1.54, 1.807) is 21.1 Å². The van der Waals surface area contributed by atoms with Gasteiger partial charge in [0, 0.05) is 0 Å². The molecule has 1 aliphatic heterocycles. The van der Waals surface area contributed by atoms with Crippen molar-refractivity contribution in [1.82, 2.24) is 0 Å². The van der Waals surface area contributed by atoms with Crippen molar-refractivity contribution in [3.05, 3.63) is 138 Å². The Morgan fingerprint density at radius 2 is 1.15 bits per heavy atom. The molecule has 0 saturated heterocycles. The first kappa shape index (κ1) is 24.1. The minimum Gasteiger partial charge on any atom is -0.0624 e. The van der Waals surface area contributed by atoms with Crippen LogP contribution in [0, 0.1) is 0 Å². The van der Waals surface area contributed by atoms with Gasteiger partial charge in [0.05, 0.1) is 0 Å². The van der Waals surface area contributed by atoms with Gasteiger partial charge in [0.15, 0.2) is 8.07 Å². The number of hydrogen-bond donors (Lipinski definition) is 0. The molecule has 8 rings (SSSR count). The molecule has 40 heavy (non-hydrogen) atoms. The highest BCUT2D eigenvalue weighted by atomic mass is 28.3. The van der Waals surface area contributed by atoms with Gasteiger partial charge in [0.25, 0.3) is 0 Å². The van der Waals surface area contributed by atoms with Crippen LogP contribution in [0.2, 0.25) is 5.04 Å². The Balaban J connectivity index is 1.36. The first-order chi connectivity index (χ1) is 19.6. The van der Waals surface area contributed by atoms with Crippen LogP contribution in [0.3, 0.4) is 0 Å². The fourth-order valence-electron chi connectivity index (χ4n) is 9.16. The van der Waals surface area contributed by atoms with Crippen molar-refractivity contribution < 1.29 is 0 Å². The van der Waals surface area contributed by atoms with Crippen LogP contribution in [0.4, 0.5) is 0 Å². The summed E-state index contributed by atoms with van der Waals surface area (Å²) in [6, 6.07) is 46.9. The Morgan fingerprint density at radius 3 is 1.90 bits per heavy atom.